The molecule has 0 saturated carbocycles. The molecular formula is C20H18BrCl2N5O2S. The van der Waals surface area contributed by atoms with Crippen LogP contribution >= 0.6 is 50.9 Å². The highest BCUT2D eigenvalue weighted by Gasteiger charge is 2.16. The molecule has 162 valence electrons. The van der Waals surface area contributed by atoms with Gasteiger partial charge >= 0.3 is 0 Å². The van der Waals surface area contributed by atoms with Crippen LogP contribution in [0.15, 0.2) is 52.1 Å². The molecule has 7 nitrogen and oxygen atoms in total. The minimum Gasteiger partial charge on any atom is -0.345 e. The Balaban J connectivity index is 1.58. The Labute approximate surface area is 202 Å². The molecule has 3 rings (SSSR count). The zero-order valence-electron chi connectivity index (χ0n) is 16.4. The van der Waals surface area contributed by atoms with Gasteiger partial charge in [-0.1, -0.05) is 47.1 Å². The molecule has 0 unspecified atom stereocenters. The zero-order valence-corrected chi connectivity index (χ0v) is 20.3. The van der Waals surface area contributed by atoms with Gasteiger partial charge in [-0.25, -0.2) is 0 Å². The van der Waals surface area contributed by atoms with E-state index < -0.39 is 0 Å². The van der Waals surface area contributed by atoms with Crippen molar-refractivity contribution in [1.82, 2.24) is 20.1 Å². The summed E-state index contributed by atoms with van der Waals surface area (Å²) in [5.74, 6) is 0.280. The van der Waals surface area contributed by atoms with Crippen molar-refractivity contribution in [2.24, 2.45) is 0 Å². The molecular weight excluding hydrogens is 525 g/mol. The molecule has 0 aliphatic heterocycles. The number of hydrogen-bond acceptors (Lipinski definition) is 5. The average Bonchev–Trinajstić information content (AvgIpc) is 3.14. The fourth-order valence-corrected chi connectivity index (χ4v) is 4.42. The first-order valence-electron chi connectivity index (χ1n) is 9.21. The SMILES string of the molecule is CCn1c(CNC(=O)c2ccccc2Br)nnc1SCC(=O)Nc1ccc(Cl)cc1Cl. The topological polar surface area (TPSA) is 88.9 Å². The number of hydrogen-bond donors (Lipinski definition) is 2. The second-order valence-electron chi connectivity index (χ2n) is 6.27. The van der Waals surface area contributed by atoms with E-state index in [1.807, 2.05) is 17.6 Å². The van der Waals surface area contributed by atoms with Crippen LogP contribution in [0.25, 0.3) is 0 Å². The largest absolute Gasteiger partial charge is 0.345 e. The molecule has 2 aromatic carbocycles. The highest BCUT2D eigenvalue weighted by atomic mass is 79.9. The highest BCUT2D eigenvalue weighted by molar-refractivity contribution is 9.10. The summed E-state index contributed by atoms with van der Waals surface area (Å²) in [6.07, 6.45) is 0. The molecule has 0 aliphatic carbocycles. The molecule has 0 saturated heterocycles. The minimum atomic E-state index is -0.233. The van der Waals surface area contributed by atoms with Gasteiger partial charge < -0.3 is 15.2 Å². The lowest BCUT2D eigenvalue weighted by atomic mass is 10.2. The van der Waals surface area contributed by atoms with Crippen LogP contribution in [-0.2, 0) is 17.9 Å². The van der Waals surface area contributed by atoms with E-state index in [9.17, 15) is 9.59 Å². The first kappa shape index (κ1) is 23.6. The number of rotatable bonds is 8. The molecule has 0 spiro atoms. The number of nitrogens with zero attached hydrogens (tertiary/aromatic N) is 3. The smallest absolute Gasteiger partial charge is 0.252 e. The van der Waals surface area contributed by atoms with Gasteiger partial charge in [-0.2, -0.15) is 0 Å². The van der Waals surface area contributed by atoms with E-state index in [-0.39, 0.29) is 24.1 Å². The molecule has 1 heterocycles. The molecule has 2 N–H and O–H groups in total. The third kappa shape index (κ3) is 6.22. The van der Waals surface area contributed by atoms with Gasteiger partial charge in [-0.15, -0.1) is 10.2 Å². The fraction of sp³-hybridized carbons (Fsp3) is 0.200. The van der Waals surface area contributed by atoms with Gasteiger partial charge in [0, 0.05) is 16.0 Å². The number of halogens is 3. The maximum atomic E-state index is 12.4. The Kier molecular flexibility index (Phi) is 8.36. The van der Waals surface area contributed by atoms with Gasteiger partial charge in [0.25, 0.3) is 5.91 Å². The van der Waals surface area contributed by atoms with Crippen molar-refractivity contribution in [3.63, 3.8) is 0 Å². The summed E-state index contributed by atoms with van der Waals surface area (Å²) in [7, 11) is 0. The summed E-state index contributed by atoms with van der Waals surface area (Å²) in [6, 6.07) is 12.0. The number of amides is 2. The van der Waals surface area contributed by atoms with Crippen LogP contribution in [0.5, 0.6) is 0 Å². The third-order valence-electron chi connectivity index (χ3n) is 4.17. The molecule has 11 heteroatoms. The standard InChI is InChI=1S/C20H18BrCl2N5O2S/c1-2-28-17(10-24-19(30)13-5-3-4-6-14(13)21)26-27-20(28)31-11-18(29)25-16-8-7-12(22)9-15(16)23/h3-9H,2,10-11H2,1H3,(H,24,30)(H,25,29). The molecule has 2 amide bonds. The number of nitrogens with one attached hydrogen (secondary N) is 2. The molecule has 0 bridgehead atoms. The summed E-state index contributed by atoms with van der Waals surface area (Å²) >= 11 is 16.6. The van der Waals surface area contributed by atoms with Crippen molar-refractivity contribution in [3.8, 4) is 0 Å². The number of carbonyl (C=O) groups is 2. The minimum absolute atomic E-state index is 0.125. The molecule has 0 aliphatic rings. The van der Waals surface area contributed by atoms with Crippen molar-refractivity contribution >= 4 is 68.4 Å². The van der Waals surface area contributed by atoms with Crippen LogP contribution < -0.4 is 10.6 Å². The van der Waals surface area contributed by atoms with Crippen molar-refractivity contribution in [2.75, 3.05) is 11.1 Å². The Bertz CT molecular complexity index is 1110. The third-order valence-corrected chi connectivity index (χ3v) is 6.38. The second-order valence-corrected chi connectivity index (χ2v) is 8.91. The van der Waals surface area contributed by atoms with Gasteiger partial charge in [-0.3, -0.25) is 9.59 Å². The fourth-order valence-electron chi connectivity index (χ4n) is 2.68. The average molecular weight is 543 g/mol. The van der Waals surface area contributed by atoms with E-state index in [2.05, 4.69) is 36.8 Å². The van der Waals surface area contributed by atoms with Gasteiger partial charge in [-0.05, 0) is 53.2 Å². The first-order chi connectivity index (χ1) is 14.9. The Hall–Kier alpha value is -2.07. The zero-order chi connectivity index (χ0) is 22.4. The predicted octanol–water partition coefficient (Wildman–Crippen LogP) is 5.03. The van der Waals surface area contributed by atoms with E-state index in [4.69, 9.17) is 23.2 Å². The highest BCUT2D eigenvalue weighted by Crippen LogP contribution is 2.26. The van der Waals surface area contributed by atoms with Crippen LogP contribution in [0, 0.1) is 0 Å². The summed E-state index contributed by atoms with van der Waals surface area (Å²) in [6.45, 7) is 2.76. The van der Waals surface area contributed by atoms with Crippen molar-refractivity contribution in [3.05, 3.63) is 68.4 Å². The van der Waals surface area contributed by atoms with Crippen molar-refractivity contribution in [1.29, 1.82) is 0 Å². The van der Waals surface area contributed by atoms with Gasteiger partial charge in [0.15, 0.2) is 11.0 Å². The lowest BCUT2D eigenvalue weighted by Gasteiger charge is -2.10. The summed E-state index contributed by atoms with van der Waals surface area (Å²) in [5, 5.41) is 15.4. The Morgan fingerprint density at radius 1 is 1.16 bits per heavy atom. The van der Waals surface area contributed by atoms with Crippen molar-refractivity contribution < 1.29 is 9.59 Å². The molecule has 0 atom stereocenters. The number of thioether (sulfide) groups is 1. The van der Waals surface area contributed by atoms with Crippen LogP contribution in [-0.4, -0.2) is 32.3 Å². The predicted molar refractivity (Wildman–Crippen MR) is 127 cm³/mol. The maximum Gasteiger partial charge on any atom is 0.252 e. The van der Waals surface area contributed by atoms with Crippen molar-refractivity contribution in [2.45, 2.75) is 25.2 Å². The van der Waals surface area contributed by atoms with Crippen LogP contribution in [0.3, 0.4) is 0 Å². The number of anilines is 1. The summed E-state index contributed by atoms with van der Waals surface area (Å²) in [4.78, 5) is 24.7. The van der Waals surface area contributed by atoms with Crippen LogP contribution in [0.4, 0.5) is 5.69 Å². The Morgan fingerprint density at radius 2 is 1.94 bits per heavy atom. The summed E-state index contributed by atoms with van der Waals surface area (Å²) < 4.78 is 2.57. The Morgan fingerprint density at radius 3 is 2.65 bits per heavy atom. The maximum absolute atomic E-state index is 12.4. The van der Waals surface area contributed by atoms with Crippen LogP contribution in [0.1, 0.15) is 23.1 Å². The molecule has 0 radical (unpaired) electrons. The number of aromatic nitrogens is 3. The normalized spacial score (nSPS) is 10.7. The monoisotopic (exact) mass is 541 g/mol. The van der Waals surface area contributed by atoms with E-state index in [0.717, 1.165) is 0 Å². The van der Waals surface area contributed by atoms with E-state index in [0.29, 0.717) is 43.3 Å². The number of carbonyl (C=O) groups excluding carboxylic acids is 2. The quantitative estimate of drug-likeness (QED) is 0.390. The van der Waals surface area contributed by atoms with Crippen LogP contribution in [0.2, 0.25) is 10.0 Å². The van der Waals surface area contributed by atoms with Gasteiger partial charge in [0.1, 0.15) is 0 Å². The van der Waals surface area contributed by atoms with Gasteiger partial charge in [0.2, 0.25) is 5.91 Å². The second kappa shape index (κ2) is 11.0. The lowest BCUT2D eigenvalue weighted by Crippen LogP contribution is -2.25. The first-order valence-corrected chi connectivity index (χ1v) is 11.7. The van der Waals surface area contributed by atoms with E-state index >= 15 is 0 Å². The van der Waals surface area contributed by atoms with Gasteiger partial charge in [0.05, 0.1) is 28.6 Å². The molecule has 1 aromatic heterocycles. The summed E-state index contributed by atoms with van der Waals surface area (Å²) in [5.41, 5.74) is 1.03. The lowest BCUT2D eigenvalue weighted by molar-refractivity contribution is -0.113. The van der Waals surface area contributed by atoms with E-state index in [1.165, 1.54) is 11.8 Å². The molecule has 3 aromatic rings. The molecule has 31 heavy (non-hydrogen) atoms. The number of benzene rings is 2. The van der Waals surface area contributed by atoms with E-state index in [1.54, 1.807) is 36.4 Å². The molecule has 0 fully saturated rings.